The molecular weight excluding hydrogens is 338 g/mol. The number of aryl methyl sites for hydroxylation is 1. The molecule has 4 rings (SSSR count). The fraction of sp³-hybridized carbons (Fsp3) is 0.0476. The zero-order valence-corrected chi connectivity index (χ0v) is 14.8. The summed E-state index contributed by atoms with van der Waals surface area (Å²) in [4.78, 5) is 12.3. The summed E-state index contributed by atoms with van der Waals surface area (Å²) in [5, 5.41) is 13.6. The van der Waals surface area contributed by atoms with Gasteiger partial charge in [-0.3, -0.25) is 5.10 Å². The van der Waals surface area contributed by atoms with Crippen molar-refractivity contribution in [1.82, 2.24) is 10.2 Å². The molecule has 6 heteroatoms. The van der Waals surface area contributed by atoms with Gasteiger partial charge in [0.1, 0.15) is 0 Å². The predicted octanol–water partition coefficient (Wildman–Crippen LogP) is 4.76. The van der Waals surface area contributed by atoms with E-state index in [0.717, 1.165) is 33.3 Å². The van der Waals surface area contributed by atoms with E-state index in [1.807, 2.05) is 73.7 Å². The molecule has 5 N–H and O–H groups in total. The van der Waals surface area contributed by atoms with Gasteiger partial charge in [0.25, 0.3) is 0 Å². The minimum absolute atomic E-state index is 0.294. The first-order valence-corrected chi connectivity index (χ1v) is 8.58. The van der Waals surface area contributed by atoms with Crippen LogP contribution in [0.3, 0.4) is 0 Å². The van der Waals surface area contributed by atoms with Crippen LogP contribution < -0.4 is 16.4 Å². The molecule has 0 unspecified atom stereocenters. The van der Waals surface area contributed by atoms with Gasteiger partial charge in [0, 0.05) is 11.4 Å². The van der Waals surface area contributed by atoms with Crippen LogP contribution >= 0.6 is 0 Å². The summed E-state index contributed by atoms with van der Waals surface area (Å²) < 4.78 is 0. The molecule has 1 aromatic heterocycles. The molecule has 0 atom stereocenters. The molecule has 0 aliphatic heterocycles. The topological polar surface area (TPSA) is 95.8 Å². The van der Waals surface area contributed by atoms with Crippen molar-refractivity contribution in [1.29, 1.82) is 0 Å². The number of rotatable bonds is 3. The van der Waals surface area contributed by atoms with Crippen LogP contribution in [-0.4, -0.2) is 16.2 Å². The highest BCUT2D eigenvalue weighted by molar-refractivity contribution is 6.03. The maximum absolute atomic E-state index is 12.3. The molecule has 3 aromatic carbocycles. The second-order valence-electron chi connectivity index (χ2n) is 6.36. The second-order valence-corrected chi connectivity index (χ2v) is 6.36. The van der Waals surface area contributed by atoms with Crippen molar-refractivity contribution in [3.63, 3.8) is 0 Å². The Morgan fingerprint density at radius 1 is 0.963 bits per heavy atom. The number of carbonyl (C=O) groups is 1. The number of benzene rings is 3. The molecule has 0 saturated carbocycles. The number of aromatic amines is 1. The number of H-pyrrole nitrogens is 1. The van der Waals surface area contributed by atoms with Gasteiger partial charge in [-0.25, -0.2) is 4.79 Å². The molecular formula is C21H19N5O. The predicted molar refractivity (Wildman–Crippen MR) is 110 cm³/mol. The second kappa shape index (κ2) is 6.84. The first kappa shape index (κ1) is 16.7. The summed E-state index contributed by atoms with van der Waals surface area (Å²) in [6, 6.07) is 20.8. The average Bonchev–Trinajstić information content (AvgIpc) is 3.05. The van der Waals surface area contributed by atoms with Crippen molar-refractivity contribution in [2.75, 3.05) is 16.4 Å². The highest BCUT2D eigenvalue weighted by Crippen LogP contribution is 2.32. The van der Waals surface area contributed by atoms with Crippen LogP contribution in [0.15, 0.2) is 66.7 Å². The molecule has 6 nitrogen and oxygen atoms in total. The van der Waals surface area contributed by atoms with E-state index in [0.29, 0.717) is 11.5 Å². The number of carbonyl (C=O) groups excluding carboxylic acids is 1. The lowest BCUT2D eigenvalue weighted by atomic mass is 10.0. The minimum atomic E-state index is -0.294. The number of hydrogen-bond acceptors (Lipinski definition) is 3. The van der Waals surface area contributed by atoms with Crippen LogP contribution in [0.1, 0.15) is 5.56 Å². The Morgan fingerprint density at radius 2 is 1.70 bits per heavy atom. The number of amides is 2. The van der Waals surface area contributed by atoms with E-state index in [1.165, 1.54) is 0 Å². The lowest BCUT2D eigenvalue weighted by Gasteiger charge is -2.10. The van der Waals surface area contributed by atoms with E-state index in [-0.39, 0.29) is 6.03 Å². The number of aromatic nitrogens is 2. The van der Waals surface area contributed by atoms with Crippen molar-refractivity contribution >= 4 is 34.1 Å². The molecule has 4 aromatic rings. The maximum atomic E-state index is 12.3. The summed E-state index contributed by atoms with van der Waals surface area (Å²) in [6.45, 7) is 2.00. The molecule has 134 valence electrons. The van der Waals surface area contributed by atoms with Crippen LogP contribution in [0.2, 0.25) is 0 Å². The van der Waals surface area contributed by atoms with E-state index in [1.54, 1.807) is 0 Å². The Labute approximate surface area is 156 Å². The Kier molecular flexibility index (Phi) is 4.22. The Morgan fingerprint density at radius 3 is 2.52 bits per heavy atom. The largest absolute Gasteiger partial charge is 0.382 e. The van der Waals surface area contributed by atoms with Crippen molar-refractivity contribution in [2.24, 2.45) is 0 Å². The molecule has 0 aliphatic rings. The summed E-state index contributed by atoms with van der Waals surface area (Å²) in [6.07, 6.45) is 0. The zero-order valence-electron chi connectivity index (χ0n) is 14.8. The van der Waals surface area contributed by atoms with Crippen molar-refractivity contribution < 1.29 is 4.79 Å². The molecule has 0 fully saturated rings. The van der Waals surface area contributed by atoms with Gasteiger partial charge in [-0.15, -0.1) is 0 Å². The highest BCUT2D eigenvalue weighted by atomic mass is 16.2. The number of fused-ring (bicyclic) bond motifs is 1. The van der Waals surface area contributed by atoms with Gasteiger partial charge in [-0.2, -0.15) is 5.10 Å². The van der Waals surface area contributed by atoms with Gasteiger partial charge >= 0.3 is 6.03 Å². The maximum Gasteiger partial charge on any atom is 0.323 e. The van der Waals surface area contributed by atoms with E-state index >= 15 is 0 Å². The molecule has 0 radical (unpaired) electrons. The normalized spacial score (nSPS) is 10.7. The van der Waals surface area contributed by atoms with Gasteiger partial charge in [-0.05, 0) is 48.4 Å². The van der Waals surface area contributed by atoms with Gasteiger partial charge in [0.05, 0.1) is 10.9 Å². The van der Waals surface area contributed by atoms with Crippen molar-refractivity contribution in [3.05, 3.63) is 72.3 Å². The smallest absolute Gasteiger partial charge is 0.323 e. The SMILES string of the molecule is Cc1ccc(NC(=O)Nc2cccc(-c3cccc4[nH]nc(N)c34)c2)cc1. The minimum Gasteiger partial charge on any atom is -0.382 e. The third-order valence-corrected chi connectivity index (χ3v) is 4.36. The van der Waals surface area contributed by atoms with Crippen molar-refractivity contribution in [2.45, 2.75) is 6.92 Å². The summed E-state index contributed by atoms with van der Waals surface area (Å²) in [5.41, 5.74) is 11.4. The molecule has 1 heterocycles. The van der Waals surface area contributed by atoms with Crippen LogP contribution in [0, 0.1) is 6.92 Å². The van der Waals surface area contributed by atoms with Crippen LogP contribution in [0.4, 0.5) is 22.0 Å². The first-order valence-electron chi connectivity index (χ1n) is 8.58. The first-order chi connectivity index (χ1) is 13.1. The quantitative estimate of drug-likeness (QED) is 0.425. The molecule has 2 amide bonds. The Bertz CT molecular complexity index is 1120. The van der Waals surface area contributed by atoms with Gasteiger partial charge in [0.2, 0.25) is 0 Å². The number of nitrogens with zero attached hydrogens (tertiary/aromatic N) is 1. The number of hydrogen-bond donors (Lipinski definition) is 4. The third kappa shape index (κ3) is 3.46. The van der Waals surface area contributed by atoms with Gasteiger partial charge < -0.3 is 16.4 Å². The van der Waals surface area contributed by atoms with Crippen molar-refractivity contribution in [3.8, 4) is 11.1 Å². The van der Waals surface area contributed by atoms with Crippen LogP contribution in [-0.2, 0) is 0 Å². The number of nitrogen functional groups attached to an aromatic ring is 1. The third-order valence-electron chi connectivity index (χ3n) is 4.36. The van der Waals surface area contributed by atoms with E-state index in [4.69, 9.17) is 5.73 Å². The lowest BCUT2D eigenvalue weighted by molar-refractivity contribution is 0.262. The van der Waals surface area contributed by atoms with E-state index < -0.39 is 0 Å². The van der Waals surface area contributed by atoms with E-state index in [9.17, 15) is 4.79 Å². The summed E-state index contributed by atoms with van der Waals surface area (Å²) in [5.74, 6) is 0.455. The zero-order chi connectivity index (χ0) is 18.8. The Hall–Kier alpha value is -3.80. The molecule has 0 spiro atoms. The molecule has 0 aliphatic carbocycles. The number of nitrogens with two attached hydrogens (primary N) is 1. The lowest BCUT2D eigenvalue weighted by Crippen LogP contribution is -2.19. The fourth-order valence-corrected chi connectivity index (χ4v) is 3.03. The molecule has 27 heavy (non-hydrogen) atoms. The number of nitrogens with one attached hydrogen (secondary N) is 3. The Balaban J connectivity index is 1.58. The number of anilines is 3. The van der Waals surface area contributed by atoms with Crippen LogP contribution in [0.5, 0.6) is 0 Å². The van der Waals surface area contributed by atoms with E-state index in [2.05, 4.69) is 20.8 Å². The van der Waals surface area contributed by atoms with Crippen LogP contribution in [0.25, 0.3) is 22.0 Å². The standard InChI is InChI=1S/C21H19N5O/c1-13-8-10-15(11-9-13)23-21(27)24-16-5-2-4-14(12-16)17-6-3-7-18-19(17)20(22)26-25-18/h2-12H,1H3,(H3,22,25,26)(H2,23,24,27). The fourth-order valence-electron chi connectivity index (χ4n) is 3.03. The van der Waals surface area contributed by atoms with Gasteiger partial charge in [-0.1, -0.05) is 42.0 Å². The molecule has 0 bridgehead atoms. The summed E-state index contributed by atoms with van der Waals surface area (Å²) >= 11 is 0. The number of urea groups is 1. The van der Waals surface area contributed by atoms with Gasteiger partial charge in [0.15, 0.2) is 5.82 Å². The molecule has 0 saturated heterocycles. The highest BCUT2D eigenvalue weighted by Gasteiger charge is 2.10. The monoisotopic (exact) mass is 357 g/mol. The summed E-state index contributed by atoms with van der Waals surface area (Å²) in [7, 11) is 0. The average molecular weight is 357 g/mol.